The van der Waals surface area contributed by atoms with Crippen LogP contribution >= 0.6 is 0 Å². The van der Waals surface area contributed by atoms with Crippen LogP contribution in [0, 0.1) is 0 Å². The second kappa shape index (κ2) is 6.29. The molecule has 27 heavy (non-hydrogen) atoms. The standard InChI is InChI=1S/C19H20N6O2/c26-17(11-25-19(27)13-6-1-2-7-15(13)21-23-25)24-9-8-16-14(10-24)18(22-20-16)12-4-3-5-12/h1-2,6-7,12H,3-5,8-11H2,(H,20,22). The molecule has 0 unspecified atom stereocenters. The van der Waals surface area contributed by atoms with Gasteiger partial charge in [0.2, 0.25) is 5.91 Å². The molecule has 0 spiro atoms. The Hall–Kier alpha value is -3.03. The van der Waals surface area contributed by atoms with Gasteiger partial charge in [0, 0.05) is 36.7 Å². The van der Waals surface area contributed by atoms with Gasteiger partial charge in [-0.2, -0.15) is 5.10 Å². The highest BCUT2D eigenvalue weighted by atomic mass is 16.2. The number of aromatic amines is 1. The van der Waals surface area contributed by atoms with Gasteiger partial charge in [0.15, 0.2) is 0 Å². The molecule has 2 aliphatic rings. The smallest absolute Gasteiger partial charge is 0.278 e. The monoisotopic (exact) mass is 364 g/mol. The largest absolute Gasteiger partial charge is 0.336 e. The number of H-pyrrole nitrogens is 1. The highest BCUT2D eigenvalue weighted by Gasteiger charge is 2.31. The van der Waals surface area contributed by atoms with E-state index in [9.17, 15) is 9.59 Å². The lowest BCUT2D eigenvalue weighted by molar-refractivity contribution is -0.133. The van der Waals surface area contributed by atoms with Crippen LogP contribution in [-0.2, 0) is 24.3 Å². The number of hydrogen-bond donors (Lipinski definition) is 1. The molecule has 3 aromatic rings. The van der Waals surface area contributed by atoms with Crippen molar-refractivity contribution in [3.8, 4) is 0 Å². The maximum absolute atomic E-state index is 12.8. The van der Waals surface area contributed by atoms with Gasteiger partial charge in [0.05, 0.1) is 11.1 Å². The van der Waals surface area contributed by atoms with Crippen LogP contribution in [0.3, 0.4) is 0 Å². The van der Waals surface area contributed by atoms with Crippen molar-refractivity contribution in [2.75, 3.05) is 6.54 Å². The van der Waals surface area contributed by atoms with Crippen molar-refractivity contribution >= 4 is 16.8 Å². The lowest BCUT2D eigenvalue weighted by Gasteiger charge is -2.30. The van der Waals surface area contributed by atoms with E-state index in [0.717, 1.165) is 28.1 Å². The van der Waals surface area contributed by atoms with Crippen LogP contribution < -0.4 is 5.56 Å². The minimum Gasteiger partial charge on any atom is -0.336 e. The van der Waals surface area contributed by atoms with Crippen LogP contribution in [0.5, 0.6) is 0 Å². The molecule has 138 valence electrons. The van der Waals surface area contributed by atoms with Crippen molar-refractivity contribution in [3.05, 3.63) is 51.6 Å². The summed E-state index contributed by atoms with van der Waals surface area (Å²) in [6.45, 7) is 1.07. The fourth-order valence-corrected chi connectivity index (χ4v) is 3.90. The van der Waals surface area contributed by atoms with E-state index in [4.69, 9.17) is 0 Å². The zero-order valence-corrected chi connectivity index (χ0v) is 14.9. The number of carbonyl (C=O) groups excluding carboxylic acids is 1. The normalized spacial score (nSPS) is 17.0. The third kappa shape index (κ3) is 2.72. The number of fused-ring (bicyclic) bond motifs is 2. The summed E-state index contributed by atoms with van der Waals surface area (Å²) < 4.78 is 1.16. The van der Waals surface area contributed by atoms with Gasteiger partial charge in [-0.15, -0.1) is 5.10 Å². The van der Waals surface area contributed by atoms with Gasteiger partial charge in [0.1, 0.15) is 12.1 Å². The van der Waals surface area contributed by atoms with E-state index in [1.165, 1.54) is 19.3 Å². The van der Waals surface area contributed by atoms with Crippen molar-refractivity contribution in [3.63, 3.8) is 0 Å². The number of amides is 1. The van der Waals surface area contributed by atoms with Crippen molar-refractivity contribution in [1.82, 2.24) is 30.1 Å². The molecule has 8 heteroatoms. The Bertz CT molecular complexity index is 1080. The Morgan fingerprint density at radius 1 is 1.26 bits per heavy atom. The molecule has 1 N–H and O–H groups in total. The van der Waals surface area contributed by atoms with Gasteiger partial charge < -0.3 is 4.90 Å². The Morgan fingerprint density at radius 2 is 2.11 bits per heavy atom. The first-order valence-corrected chi connectivity index (χ1v) is 9.37. The van der Waals surface area contributed by atoms with Crippen LogP contribution in [0.4, 0.5) is 0 Å². The predicted octanol–water partition coefficient (Wildman–Crippen LogP) is 1.37. The van der Waals surface area contributed by atoms with Gasteiger partial charge in [-0.3, -0.25) is 14.7 Å². The quantitative estimate of drug-likeness (QED) is 0.757. The van der Waals surface area contributed by atoms with Crippen LogP contribution in [-0.4, -0.2) is 42.5 Å². The summed E-state index contributed by atoms with van der Waals surface area (Å²) >= 11 is 0. The molecule has 1 amide bonds. The Morgan fingerprint density at radius 3 is 2.93 bits per heavy atom. The van der Waals surface area contributed by atoms with Crippen LogP contribution in [0.25, 0.3) is 10.9 Å². The average molecular weight is 364 g/mol. The zero-order valence-electron chi connectivity index (χ0n) is 14.9. The summed E-state index contributed by atoms with van der Waals surface area (Å²) in [6.07, 6.45) is 4.36. The topological polar surface area (TPSA) is 96.8 Å². The van der Waals surface area contributed by atoms with Gasteiger partial charge in [-0.1, -0.05) is 23.8 Å². The van der Waals surface area contributed by atoms with Crippen LogP contribution in [0.15, 0.2) is 29.1 Å². The van der Waals surface area contributed by atoms with Crippen molar-refractivity contribution in [1.29, 1.82) is 0 Å². The number of benzene rings is 1. The molecule has 1 saturated carbocycles. The molecule has 1 aliphatic heterocycles. The summed E-state index contributed by atoms with van der Waals surface area (Å²) in [5, 5.41) is 16.1. The highest BCUT2D eigenvalue weighted by molar-refractivity contribution is 5.78. The average Bonchev–Trinajstić information content (AvgIpc) is 3.06. The number of rotatable bonds is 3. The molecule has 0 atom stereocenters. The first-order valence-electron chi connectivity index (χ1n) is 9.37. The number of nitrogens with zero attached hydrogens (tertiary/aromatic N) is 5. The number of aromatic nitrogens is 5. The summed E-state index contributed by atoms with van der Waals surface area (Å²) in [4.78, 5) is 27.2. The minimum absolute atomic E-state index is 0.0946. The molecule has 8 nitrogen and oxygen atoms in total. The molecule has 1 aromatic carbocycles. The SMILES string of the molecule is O=C(Cn1nnc2ccccc2c1=O)N1CCc2[nH]nc(C3CCC3)c2C1. The zero-order chi connectivity index (χ0) is 18.4. The third-order valence-corrected chi connectivity index (χ3v) is 5.72. The first-order chi connectivity index (χ1) is 13.2. The van der Waals surface area contributed by atoms with E-state index in [2.05, 4.69) is 20.5 Å². The molecule has 0 radical (unpaired) electrons. The van der Waals surface area contributed by atoms with E-state index in [-0.39, 0.29) is 18.0 Å². The lowest BCUT2D eigenvalue weighted by atomic mass is 9.81. The van der Waals surface area contributed by atoms with Gasteiger partial charge in [-0.05, 0) is 25.0 Å². The minimum atomic E-state index is -0.287. The molecular weight excluding hydrogens is 344 g/mol. The van der Waals surface area contributed by atoms with E-state index < -0.39 is 0 Å². The molecule has 0 bridgehead atoms. The van der Waals surface area contributed by atoms with Crippen LogP contribution in [0.1, 0.15) is 42.1 Å². The predicted molar refractivity (Wildman–Crippen MR) is 98.1 cm³/mol. The fourth-order valence-electron chi connectivity index (χ4n) is 3.90. The summed E-state index contributed by atoms with van der Waals surface area (Å²) in [5.41, 5.74) is 3.68. The fraction of sp³-hybridized carbons (Fsp3) is 0.421. The first kappa shape index (κ1) is 16.2. The maximum Gasteiger partial charge on any atom is 0.278 e. The molecular formula is C19H20N6O2. The lowest BCUT2D eigenvalue weighted by Crippen LogP contribution is -2.40. The van der Waals surface area contributed by atoms with Crippen molar-refractivity contribution < 1.29 is 4.79 Å². The molecule has 3 heterocycles. The van der Waals surface area contributed by atoms with Crippen molar-refractivity contribution in [2.24, 2.45) is 0 Å². The Balaban J connectivity index is 1.37. The third-order valence-electron chi connectivity index (χ3n) is 5.72. The van der Waals surface area contributed by atoms with Gasteiger partial charge in [-0.25, -0.2) is 4.68 Å². The molecule has 0 saturated heterocycles. The van der Waals surface area contributed by atoms with E-state index >= 15 is 0 Å². The molecule has 2 aromatic heterocycles. The Labute approximate surface area is 155 Å². The van der Waals surface area contributed by atoms with Gasteiger partial charge in [0.25, 0.3) is 5.56 Å². The summed E-state index contributed by atoms with van der Waals surface area (Å²) in [6, 6.07) is 7.03. The second-order valence-electron chi connectivity index (χ2n) is 7.33. The molecule has 5 rings (SSSR count). The van der Waals surface area contributed by atoms with E-state index in [1.54, 1.807) is 23.1 Å². The second-order valence-corrected chi connectivity index (χ2v) is 7.33. The Kier molecular flexibility index (Phi) is 3.77. The number of nitrogens with one attached hydrogen (secondary N) is 1. The maximum atomic E-state index is 12.8. The highest BCUT2D eigenvalue weighted by Crippen LogP contribution is 2.38. The van der Waals surface area contributed by atoms with Crippen LogP contribution in [0.2, 0.25) is 0 Å². The van der Waals surface area contributed by atoms with Crippen molar-refractivity contribution in [2.45, 2.75) is 44.7 Å². The van der Waals surface area contributed by atoms with Gasteiger partial charge >= 0.3 is 0 Å². The molecule has 1 fully saturated rings. The molecule has 1 aliphatic carbocycles. The van der Waals surface area contributed by atoms with E-state index in [0.29, 0.717) is 29.9 Å². The number of hydrogen-bond acceptors (Lipinski definition) is 5. The van der Waals surface area contributed by atoms with E-state index in [1.807, 2.05) is 6.07 Å². The number of carbonyl (C=O) groups is 1. The summed E-state index contributed by atoms with van der Waals surface area (Å²) in [5.74, 6) is 0.405. The summed E-state index contributed by atoms with van der Waals surface area (Å²) in [7, 11) is 0.